The summed E-state index contributed by atoms with van der Waals surface area (Å²) in [5.41, 5.74) is 0.518. The fourth-order valence-corrected chi connectivity index (χ4v) is 3.22. The van der Waals surface area contributed by atoms with Gasteiger partial charge < -0.3 is 19.4 Å². The highest BCUT2D eigenvalue weighted by atomic mass is 32.1. The first-order chi connectivity index (χ1) is 13.0. The van der Waals surface area contributed by atoms with Gasteiger partial charge in [0.05, 0.1) is 31.5 Å². The van der Waals surface area contributed by atoms with Crippen LogP contribution in [0.25, 0.3) is 0 Å². The summed E-state index contributed by atoms with van der Waals surface area (Å²) < 4.78 is 10.8. The Morgan fingerprint density at radius 2 is 2.07 bits per heavy atom. The Morgan fingerprint density at radius 1 is 1.33 bits per heavy atom. The second-order valence-corrected chi connectivity index (χ2v) is 6.36. The first-order valence-corrected chi connectivity index (χ1v) is 9.06. The zero-order chi connectivity index (χ0) is 19.4. The van der Waals surface area contributed by atoms with Gasteiger partial charge in [0.1, 0.15) is 17.6 Å². The molecule has 1 saturated heterocycles. The molecule has 2 aromatic rings. The van der Waals surface area contributed by atoms with Crippen molar-refractivity contribution in [3.05, 3.63) is 48.4 Å². The standard InChI is InChI=1S/C19H21N3O4S/c1-3-25-14-8-6-13(7-9-14)22-17(23)11-16(18(22)24)21(19(27)20-2)12-15-5-4-10-26-15/h4-10,16H,3,11-12H2,1-2H3,(H,20,27)/t16-/m0/s1. The average Bonchev–Trinajstić information content (AvgIpc) is 3.28. The quantitative estimate of drug-likeness (QED) is 0.602. The Kier molecular flexibility index (Phi) is 5.75. The van der Waals surface area contributed by atoms with Crippen molar-refractivity contribution in [1.82, 2.24) is 10.2 Å². The highest BCUT2D eigenvalue weighted by molar-refractivity contribution is 7.80. The normalized spacial score (nSPS) is 16.5. The smallest absolute Gasteiger partial charge is 0.257 e. The molecule has 27 heavy (non-hydrogen) atoms. The molecule has 0 unspecified atom stereocenters. The molecular weight excluding hydrogens is 366 g/mol. The van der Waals surface area contributed by atoms with Crippen molar-refractivity contribution in [3.8, 4) is 5.75 Å². The fraction of sp³-hybridized carbons (Fsp3) is 0.316. The number of benzene rings is 1. The molecule has 3 rings (SSSR count). The van der Waals surface area contributed by atoms with Crippen LogP contribution in [0, 0.1) is 0 Å². The number of ether oxygens (including phenoxy) is 1. The van der Waals surface area contributed by atoms with Crippen LogP contribution in [-0.4, -0.2) is 41.5 Å². The maximum atomic E-state index is 13.0. The third kappa shape index (κ3) is 3.95. The molecule has 7 nitrogen and oxygen atoms in total. The van der Waals surface area contributed by atoms with Gasteiger partial charge in [-0.2, -0.15) is 0 Å². The number of thiocarbonyl (C=S) groups is 1. The lowest BCUT2D eigenvalue weighted by Gasteiger charge is -2.28. The largest absolute Gasteiger partial charge is 0.494 e. The zero-order valence-corrected chi connectivity index (χ0v) is 16.0. The lowest BCUT2D eigenvalue weighted by molar-refractivity contribution is -0.122. The number of imide groups is 1. The number of amides is 2. The van der Waals surface area contributed by atoms with Gasteiger partial charge in [-0.15, -0.1) is 0 Å². The summed E-state index contributed by atoms with van der Waals surface area (Å²) in [4.78, 5) is 28.5. The van der Waals surface area contributed by atoms with Crippen molar-refractivity contribution in [1.29, 1.82) is 0 Å². The van der Waals surface area contributed by atoms with E-state index in [4.69, 9.17) is 21.4 Å². The first kappa shape index (κ1) is 18.9. The van der Waals surface area contributed by atoms with E-state index >= 15 is 0 Å². The number of nitrogens with zero attached hydrogens (tertiary/aromatic N) is 2. The summed E-state index contributed by atoms with van der Waals surface area (Å²) in [5.74, 6) is 0.769. The molecule has 1 aliphatic rings. The van der Waals surface area contributed by atoms with E-state index in [0.717, 1.165) is 0 Å². The summed E-state index contributed by atoms with van der Waals surface area (Å²) >= 11 is 5.35. The average molecular weight is 387 g/mol. The molecule has 2 heterocycles. The molecule has 1 fully saturated rings. The third-order valence-corrected chi connectivity index (χ3v) is 4.72. The second-order valence-electron chi connectivity index (χ2n) is 5.98. The van der Waals surface area contributed by atoms with Crippen LogP contribution >= 0.6 is 12.2 Å². The molecule has 2 amide bonds. The van der Waals surface area contributed by atoms with Gasteiger partial charge in [-0.05, 0) is 55.5 Å². The van der Waals surface area contributed by atoms with Crippen LogP contribution in [0.15, 0.2) is 47.1 Å². The van der Waals surface area contributed by atoms with Crippen molar-refractivity contribution >= 4 is 34.8 Å². The Balaban J connectivity index is 1.83. The molecule has 1 aromatic carbocycles. The number of anilines is 1. The molecule has 0 saturated carbocycles. The van der Waals surface area contributed by atoms with E-state index < -0.39 is 6.04 Å². The highest BCUT2D eigenvalue weighted by Crippen LogP contribution is 2.28. The summed E-state index contributed by atoms with van der Waals surface area (Å²) in [6, 6.07) is 9.78. The van der Waals surface area contributed by atoms with Gasteiger partial charge in [-0.25, -0.2) is 4.90 Å². The van der Waals surface area contributed by atoms with Gasteiger partial charge in [0, 0.05) is 7.05 Å². The van der Waals surface area contributed by atoms with Crippen molar-refractivity contribution in [2.45, 2.75) is 25.9 Å². The topological polar surface area (TPSA) is 75.0 Å². The predicted molar refractivity (Wildman–Crippen MR) is 104 cm³/mol. The predicted octanol–water partition coefficient (Wildman–Crippen LogP) is 2.32. The minimum atomic E-state index is -0.686. The number of carbonyl (C=O) groups excluding carboxylic acids is 2. The monoisotopic (exact) mass is 387 g/mol. The Morgan fingerprint density at radius 3 is 2.67 bits per heavy atom. The molecule has 0 radical (unpaired) electrons. The number of hydrogen-bond donors (Lipinski definition) is 1. The van der Waals surface area contributed by atoms with Gasteiger partial charge in [-0.3, -0.25) is 9.59 Å². The summed E-state index contributed by atoms with van der Waals surface area (Å²) in [6.07, 6.45) is 1.61. The van der Waals surface area contributed by atoms with Gasteiger partial charge >= 0.3 is 0 Å². The van der Waals surface area contributed by atoms with Gasteiger partial charge in [0.25, 0.3) is 5.91 Å². The lowest BCUT2D eigenvalue weighted by Crippen LogP contribution is -2.48. The van der Waals surface area contributed by atoms with Crippen molar-refractivity contribution in [2.24, 2.45) is 0 Å². The van der Waals surface area contributed by atoms with E-state index in [1.807, 2.05) is 6.92 Å². The van der Waals surface area contributed by atoms with Crippen LogP contribution in [0.4, 0.5) is 5.69 Å². The van der Waals surface area contributed by atoms with E-state index in [0.29, 0.717) is 35.5 Å². The zero-order valence-electron chi connectivity index (χ0n) is 15.2. The van der Waals surface area contributed by atoms with Gasteiger partial charge in [0.15, 0.2) is 5.11 Å². The van der Waals surface area contributed by atoms with Crippen LogP contribution in [-0.2, 0) is 16.1 Å². The number of furan rings is 1. The van der Waals surface area contributed by atoms with Crippen LogP contribution in [0.5, 0.6) is 5.75 Å². The number of carbonyl (C=O) groups is 2. The maximum Gasteiger partial charge on any atom is 0.257 e. The molecule has 0 aliphatic carbocycles. The number of hydrogen-bond acceptors (Lipinski definition) is 5. The molecule has 0 bridgehead atoms. The van der Waals surface area contributed by atoms with Crippen LogP contribution < -0.4 is 15.0 Å². The third-order valence-electron chi connectivity index (χ3n) is 4.29. The van der Waals surface area contributed by atoms with Gasteiger partial charge in [0.2, 0.25) is 5.91 Å². The van der Waals surface area contributed by atoms with Crippen LogP contribution in [0.2, 0.25) is 0 Å². The minimum absolute atomic E-state index is 0.0502. The van der Waals surface area contributed by atoms with E-state index in [2.05, 4.69) is 5.32 Å². The molecule has 142 valence electrons. The van der Waals surface area contributed by atoms with E-state index in [-0.39, 0.29) is 18.2 Å². The van der Waals surface area contributed by atoms with Gasteiger partial charge in [-0.1, -0.05) is 0 Å². The summed E-state index contributed by atoms with van der Waals surface area (Å²) in [5, 5.41) is 3.26. The molecule has 8 heteroatoms. The van der Waals surface area contributed by atoms with E-state index in [1.165, 1.54) is 4.90 Å². The first-order valence-electron chi connectivity index (χ1n) is 8.65. The van der Waals surface area contributed by atoms with Crippen molar-refractivity contribution in [2.75, 3.05) is 18.6 Å². The van der Waals surface area contributed by atoms with Crippen LogP contribution in [0.1, 0.15) is 19.1 Å². The maximum absolute atomic E-state index is 13.0. The minimum Gasteiger partial charge on any atom is -0.494 e. The molecule has 0 spiro atoms. The molecule has 1 aliphatic heterocycles. The Hall–Kier alpha value is -2.87. The second kappa shape index (κ2) is 8.22. The molecule has 1 atom stereocenters. The lowest BCUT2D eigenvalue weighted by atomic mass is 10.2. The molecular formula is C19H21N3O4S. The summed E-state index contributed by atoms with van der Waals surface area (Å²) in [6.45, 7) is 2.74. The van der Waals surface area contributed by atoms with E-state index in [9.17, 15) is 9.59 Å². The summed E-state index contributed by atoms with van der Waals surface area (Å²) in [7, 11) is 1.68. The fourth-order valence-electron chi connectivity index (χ4n) is 3.03. The van der Waals surface area contributed by atoms with Crippen molar-refractivity contribution in [3.63, 3.8) is 0 Å². The molecule has 1 aromatic heterocycles. The highest BCUT2D eigenvalue weighted by Gasteiger charge is 2.43. The Bertz CT molecular complexity index is 820. The Labute approximate surface area is 162 Å². The number of rotatable bonds is 6. The SMILES string of the molecule is CCOc1ccc(N2C(=O)C[C@H](N(Cc3ccco3)C(=S)NC)C2=O)cc1. The van der Waals surface area contributed by atoms with Crippen molar-refractivity contribution < 1.29 is 18.7 Å². The van der Waals surface area contributed by atoms with E-state index in [1.54, 1.807) is 54.6 Å². The van der Waals surface area contributed by atoms with Crippen LogP contribution in [0.3, 0.4) is 0 Å². The number of nitrogens with one attached hydrogen (secondary N) is 1. The molecule has 1 N–H and O–H groups in total.